The molecule has 2 aromatic carbocycles. The Labute approximate surface area is 249 Å². The van der Waals surface area contributed by atoms with Crippen LogP contribution in [0.4, 0.5) is 29.2 Å². The summed E-state index contributed by atoms with van der Waals surface area (Å²) in [7, 11) is 2.67. The van der Waals surface area contributed by atoms with Gasteiger partial charge in [-0.2, -0.15) is 8.78 Å². The topological polar surface area (TPSA) is 102 Å². The van der Waals surface area contributed by atoms with Crippen LogP contribution in [0, 0.1) is 17.0 Å². The molecule has 0 saturated carbocycles. The van der Waals surface area contributed by atoms with Gasteiger partial charge < -0.3 is 29.2 Å². The highest BCUT2D eigenvalue weighted by Gasteiger charge is 2.50. The van der Waals surface area contributed by atoms with E-state index in [0.29, 0.717) is 19.0 Å². The number of rotatable bonds is 9. The zero-order valence-electron chi connectivity index (χ0n) is 23.7. The molecule has 2 atom stereocenters. The summed E-state index contributed by atoms with van der Waals surface area (Å²) in [5.74, 6) is -3.82. The number of aromatic nitrogens is 1. The summed E-state index contributed by atoms with van der Waals surface area (Å²) in [6.45, 7) is -0.502. The highest BCUT2D eigenvalue weighted by molar-refractivity contribution is 6.05. The van der Waals surface area contributed by atoms with Crippen molar-refractivity contribution in [2.45, 2.75) is 18.6 Å². The second-order valence-corrected chi connectivity index (χ2v) is 11.0. The molecule has 3 aliphatic rings. The van der Waals surface area contributed by atoms with Gasteiger partial charge in [-0.25, -0.2) is 13.8 Å². The van der Waals surface area contributed by atoms with Gasteiger partial charge in [-0.05, 0) is 36.4 Å². The van der Waals surface area contributed by atoms with E-state index in [-0.39, 0.29) is 40.6 Å². The highest BCUT2D eigenvalue weighted by atomic mass is 19.3. The van der Waals surface area contributed by atoms with Crippen LogP contribution in [0.1, 0.15) is 21.8 Å². The van der Waals surface area contributed by atoms with Crippen LogP contribution < -0.4 is 29.3 Å². The van der Waals surface area contributed by atoms with Crippen molar-refractivity contribution in [3.63, 3.8) is 0 Å². The Morgan fingerprint density at radius 2 is 1.70 bits per heavy atom. The molecular formula is C30H28F4N4O6. The van der Waals surface area contributed by atoms with Gasteiger partial charge >= 0.3 is 6.61 Å². The van der Waals surface area contributed by atoms with Crippen LogP contribution in [0.3, 0.4) is 0 Å². The third kappa shape index (κ3) is 5.34. The Kier molecular flexibility index (Phi) is 7.70. The lowest BCUT2D eigenvalue weighted by Gasteiger charge is -2.55. The summed E-state index contributed by atoms with van der Waals surface area (Å²) in [6, 6.07) is 8.78. The third-order valence-electron chi connectivity index (χ3n) is 8.09. The van der Waals surface area contributed by atoms with E-state index >= 15 is 8.78 Å². The fraction of sp³-hybridized carbons (Fsp3) is 0.367. The second-order valence-electron chi connectivity index (χ2n) is 11.0. The van der Waals surface area contributed by atoms with Gasteiger partial charge in [0.2, 0.25) is 0 Å². The standard InChI is InChI=1S/C30H28F4N4O6/c1-41-18-9-20(31)24(21(32)10-18)19-11-38(26-22(42-2)7-8-23(35-26)37-12-30(13-37)14-43-15-30)28(40)25(19)36-27(39)16-3-5-17(6-4-16)44-29(33)34/h3-10,19,25,29H,11-15H2,1-2H3,(H,36,39)/t19-,25-/m0/s1. The number of hydrogen-bond donors (Lipinski definition) is 1. The minimum atomic E-state index is -3.05. The maximum Gasteiger partial charge on any atom is 0.387 e. The Morgan fingerprint density at radius 1 is 1.02 bits per heavy atom. The van der Waals surface area contributed by atoms with E-state index in [1.807, 2.05) is 4.90 Å². The number of nitrogens with zero attached hydrogens (tertiary/aromatic N) is 3. The molecule has 3 aliphatic heterocycles. The molecule has 1 spiro atoms. The minimum absolute atomic E-state index is 0.0108. The van der Waals surface area contributed by atoms with Crippen LogP contribution in [-0.4, -0.2) is 76.5 Å². The molecular weight excluding hydrogens is 588 g/mol. The lowest BCUT2D eigenvalue weighted by molar-refractivity contribution is -0.127. The minimum Gasteiger partial charge on any atom is -0.497 e. The first-order valence-electron chi connectivity index (χ1n) is 13.7. The molecule has 0 aliphatic carbocycles. The fourth-order valence-electron chi connectivity index (χ4n) is 5.84. The molecule has 6 rings (SSSR count). The average Bonchev–Trinajstić information content (AvgIpc) is 3.26. The predicted molar refractivity (Wildman–Crippen MR) is 149 cm³/mol. The quantitative estimate of drug-likeness (QED) is 0.363. The first kappa shape index (κ1) is 29.5. The van der Waals surface area contributed by atoms with Crippen molar-refractivity contribution in [2.24, 2.45) is 5.41 Å². The molecule has 2 amide bonds. The van der Waals surface area contributed by atoms with E-state index in [0.717, 1.165) is 25.2 Å². The molecule has 44 heavy (non-hydrogen) atoms. The molecule has 0 radical (unpaired) electrons. The monoisotopic (exact) mass is 616 g/mol. The lowest BCUT2D eigenvalue weighted by Crippen LogP contribution is -2.66. The van der Waals surface area contributed by atoms with Gasteiger partial charge in [0.15, 0.2) is 11.6 Å². The molecule has 1 aromatic heterocycles. The van der Waals surface area contributed by atoms with E-state index in [9.17, 15) is 18.4 Å². The Hall–Kier alpha value is -4.59. The normalized spacial score (nSPS) is 20.4. The molecule has 0 bridgehead atoms. The molecule has 3 aromatic rings. The summed E-state index contributed by atoms with van der Waals surface area (Å²) >= 11 is 0. The zero-order valence-corrected chi connectivity index (χ0v) is 23.7. The first-order chi connectivity index (χ1) is 21.1. The van der Waals surface area contributed by atoms with Crippen LogP contribution in [0.25, 0.3) is 0 Å². The maximum atomic E-state index is 15.4. The number of alkyl halides is 2. The molecule has 3 saturated heterocycles. The van der Waals surface area contributed by atoms with Crippen molar-refractivity contribution < 1.29 is 46.1 Å². The number of ether oxygens (including phenoxy) is 4. The summed E-state index contributed by atoms with van der Waals surface area (Å²) in [5, 5.41) is 2.58. The number of amides is 2. The van der Waals surface area contributed by atoms with Gasteiger partial charge in [0.25, 0.3) is 11.8 Å². The van der Waals surface area contributed by atoms with Crippen molar-refractivity contribution in [3.05, 3.63) is 71.3 Å². The molecule has 1 N–H and O–H groups in total. The van der Waals surface area contributed by atoms with Gasteiger partial charge in [0.05, 0.1) is 32.8 Å². The second kappa shape index (κ2) is 11.5. The Balaban J connectivity index is 1.33. The number of benzene rings is 2. The smallest absolute Gasteiger partial charge is 0.387 e. The summed E-state index contributed by atoms with van der Waals surface area (Å²) < 4.78 is 76.0. The molecule has 10 nitrogen and oxygen atoms in total. The third-order valence-corrected chi connectivity index (χ3v) is 8.09. The van der Waals surface area contributed by atoms with E-state index in [1.165, 1.54) is 43.4 Å². The number of hydrogen-bond acceptors (Lipinski definition) is 8. The number of carbonyl (C=O) groups is 2. The van der Waals surface area contributed by atoms with E-state index < -0.39 is 47.6 Å². The maximum absolute atomic E-state index is 15.4. The fourth-order valence-corrected chi connectivity index (χ4v) is 5.84. The van der Waals surface area contributed by atoms with Gasteiger partial charge in [0, 0.05) is 48.8 Å². The van der Waals surface area contributed by atoms with Crippen molar-refractivity contribution in [2.75, 3.05) is 56.9 Å². The molecule has 0 unspecified atom stereocenters. The number of halogens is 4. The number of pyridine rings is 1. The van der Waals surface area contributed by atoms with Gasteiger partial charge in [-0.15, -0.1) is 0 Å². The van der Waals surface area contributed by atoms with Crippen LogP contribution in [0.5, 0.6) is 17.2 Å². The first-order valence-corrected chi connectivity index (χ1v) is 13.7. The van der Waals surface area contributed by atoms with E-state index in [1.54, 1.807) is 12.1 Å². The van der Waals surface area contributed by atoms with Crippen molar-refractivity contribution in [3.8, 4) is 17.2 Å². The van der Waals surface area contributed by atoms with Gasteiger partial charge in [0.1, 0.15) is 35.0 Å². The van der Waals surface area contributed by atoms with E-state index in [4.69, 9.17) is 19.2 Å². The van der Waals surface area contributed by atoms with Crippen LogP contribution in [-0.2, 0) is 9.53 Å². The number of carbonyl (C=O) groups excluding carboxylic acids is 2. The number of methoxy groups -OCH3 is 2. The number of anilines is 2. The molecule has 3 fully saturated rings. The van der Waals surface area contributed by atoms with Crippen LogP contribution in [0.2, 0.25) is 0 Å². The highest BCUT2D eigenvalue weighted by Crippen LogP contribution is 2.43. The van der Waals surface area contributed by atoms with Gasteiger partial charge in [-0.1, -0.05) is 0 Å². The summed E-state index contributed by atoms with van der Waals surface area (Å²) in [4.78, 5) is 35.2. The molecule has 14 heteroatoms. The Morgan fingerprint density at radius 3 is 2.27 bits per heavy atom. The zero-order chi connectivity index (χ0) is 31.2. The van der Waals surface area contributed by atoms with Gasteiger partial charge in [-0.3, -0.25) is 14.5 Å². The predicted octanol–water partition coefficient (Wildman–Crippen LogP) is 3.74. The van der Waals surface area contributed by atoms with Crippen LogP contribution >= 0.6 is 0 Å². The van der Waals surface area contributed by atoms with E-state index in [2.05, 4.69) is 10.1 Å². The Bertz CT molecular complexity index is 1560. The molecule has 232 valence electrons. The lowest BCUT2D eigenvalue weighted by atomic mass is 9.78. The van der Waals surface area contributed by atoms with Crippen molar-refractivity contribution >= 4 is 23.5 Å². The average molecular weight is 617 g/mol. The largest absolute Gasteiger partial charge is 0.497 e. The SMILES string of the molecule is COc1cc(F)c([C@@H]2CN(c3nc(N4CC5(COC5)C4)ccc3OC)C(=O)[C@H]2NC(=O)c2ccc(OC(F)F)cc2)c(F)c1. The molecule has 4 heterocycles. The number of nitrogens with one attached hydrogen (secondary N) is 1. The summed E-state index contributed by atoms with van der Waals surface area (Å²) in [6.07, 6.45) is 0. The van der Waals surface area contributed by atoms with Crippen molar-refractivity contribution in [1.82, 2.24) is 10.3 Å². The van der Waals surface area contributed by atoms with Crippen LogP contribution in [0.15, 0.2) is 48.5 Å². The van der Waals surface area contributed by atoms with Crippen molar-refractivity contribution in [1.29, 1.82) is 0 Å². The summed E-state index contributed by atoms with van der Waals surface area (Å²) in [5.41, 5.74) is -0.312.